The van der Waals surface area contributed by atoms with Crippen molar-refractivity contribution in [2.45, 2.75) is 24.6 Å². The van der Waals surface area contributed by atoms with E-state index in [0.717, 1.165) is 20.3 Å². The number of fused-ring (bicyclic) bond motifs is 1. The molecule has 2 heterocycles. The van der Waals surface area contributed by atoms with Crippen LogP contribution in [-0.2, 0) is 10.5 Å². The molecule has 0 saturated carbocycles. The Morgan fingerprint density at radius 3 is 2.53 bits per heavy atom. The molecule has 0 fully saturated rings. The van der Waals surface area contributed by atoms with E-state index >= 15 is 0 Å². The zero-order valence-corrected chi connectivity index (χ0v) is 17.3. The number of benzene rings is 2. The van der Waals surface area contributed by atoms with Crippen LogP contribution in [-0.4, -0.2) is 37.2 Å². The van der Waals surface area contributed by atoms with Gasteiger partial charge in [-0.15, -0.1) is 5.10 Å². The maximum Gasteiger partial charge on any atom is 0.373 e. The van der Waals surface area contributed by atoms with E-state index in [1.165, 1.54) is 11.8 Å². The van der Waals surface area contributed by atoms with Crippen molar-refractivity contribution in [1.82, 2.24) is 24.6 Å². The van der Waals surface area contributed by atoms with Gasteiger partial charge in [-0.25, -0.2) is 9.59 Å². The lowest BCUT2D eigenvalue weighted by molar-refractivity contribution is 0.0524. The smallest absolute Gasteiger partial charge is 0.373 e. The number of hydrogen-bond donors (Lipinski definition) is 0. The maximum absolute atomic E-state index is 13.0. The van der Waals surface area contributed by atoms with Gasteiger partial charge in [0.25, 0.3) is 0 Å². The first-order valence-corrected chi connectivity index (χ1v) is 10.4. The normalized spacial score (nSPS) is 11.0. The highest BCUT2D eigenvalue weighted by atomic mass is 32.2. The molecule has 4 aromatic rings. The molecule has 9 heteroatoms. The summed E-state index contributed by atoms with van der Waals surface area (Å²) in [6.45, 7) is 3.88. The first-order valence-electron chi connectivity index (χ1n) is 9.38. The average molecular weight is 421 g/mol. The predicted molar refractivity (Wildman–Crippen MR) is 113 cm³/mol. The van der Waals surface area contributed by atoms with E-state index in [1.54, 1.807) is 19.1 Å². The Hall–Kier alpha value is -3.46. The lowest BCUT2D eigenvalue weighted by atomic mass is 10.2. The van der Waals surface area contributed by atoms with Gasteiger partial charge in [0.05, 0.1) is 12.3 Å². The Morgan fingerprint density at radius 1 is 1.10 bits per heavy atom. The van der Waals surface area contributed by atoms with Crippen molar-refractivity contribution in [3.8, 4) is 5.69 Å². The van der Waals surface area contributed by atoms with E-state index in [0.29, 0.717) is 16.5 Å². The van der Waals surface area contributed by atoms with E-state index in [2.05, 4.69) is 15.4 Å². The molecule has 4 rings (SSSR count). The molecule has 2 aromatic carbocycles. The summed E-state index contributed by atoms with van der Waals surface area (Å²) in [6, 6.07) is 17.1. The van der Waals surface area contributed by atoms with Gasteiger partial charge < -0.3 is 4.74 Å². The molecule has 152 valence electrons. The highest BCUT2D eigenvalue weighted by molar-refractivity contribution is 7.98. The number of carbonyl (C=O) groups excluding carboxylic acids is 1. The second-order valence-corrected chi connectivity index (χ2v) is 7.49. The summed E-state index contributed by atoms with van der Waals surface area (Å²) in [5, 5.41) is 12.9. The van der Waals surface area contributed by atoms with Gasteiger partial charge in [-0.2, -0.15) is 14.3 Å². The van der Waals surface area contributed by atoms with Crippen molar-refractivity contribution in [1.29, 1.82) is 0 Å². The minimum Gasteiger partial charge on any atom is -0.462 e. The number of aryl methyl sites for hydroxylation is 1. The Labute approximate surface area is 176 Å². The summed E-state index contributed by atoms with van der Waals surface area (Å²) in [7, 11) is 0. The first kappa shape index (κ1) is 19.8. The average Bonchev–Trinajstić information content (AvgIpc) is 3.14. The van der Waals surface area contributed by atoms with Crippen LogP contribution in [0.4, 0.5) is 0 Å². The van der Waals surface area contributed by atoms with Gasteiger partial charge in [0, 0.05) is 5.75 Å². The highest BCUT2D eigenvalue weighted by Gasteiger charge is 2.25. The fraction of sp³-hybridized carbons (Fsp3) is 0.190. The lowest BCUT2D eigenvalue weighted by Crippen LogP contribution is -2.29. The standard InChI is InChI=1S/C21H19N5O3S/c1-3-29-20(27)17-18-22-24-25(16-11-9-14(2)10-12-16)21(28)26(18)23-19(17)30-13-15-7-5-4-6-8-15/h4-12H,3,13H2,1-2H3. The molecule has 0 aliphatic heterocycles. The summed E-state index contributed by atoms with van der Waals surface area (Å²) in [4.78, 5) is 25.6. The largest absolute Gasteiger partial charge is 0.462 e. The van der Waals surface area contributed by atoms with Gasteiger partial charge >= 0.3 is 11.7 Å². The Morgan fingerprint density at radius 2 is 1.83 bits per heavy atom. The fourth-order valence-corrected chi connectivity index (χ4v) is 3.84. The SMILES string of the molecule is CCOC(=O)c1c(SCc2ccccc2)nn2c(=O)n(-c3ccc(C)cc3)nnc12. The zero-order valence-electron chi connectivity index (χ0n) is 16.5. The van der Waals surface area contributed by atoms with E-state index in [1.807, 2.05) is 49.4 Å². The second-order valence-electron chi connectivity index (χ2n) is 6.53. The summed E-state index contributed by atoms with van der Waals surface area (Å²) in [5.41, 5.74) is 2.41. The highest BCUT2D eigenvalue weighted by Crippen LogP contribution is 2.27. The van der Waals surface area contributed by atoms with Gasteiger partial charge in [0.1, 0.15) is 10.6 Å². The molecule has 2 aromatic heterocycles. The molecule has 30 heavy (non-hydrogen) atoms. The number of rotatable bonds is 6. The molecule has 0 aliphatic carbocycles. The van der Waals surface area contributed by atoms with E-state index < -0.39 is 11.7 Å². The van der Waals surface area contributed by atoms with Crippen molar-refractivity contribution >= 4 is 23.4 Å². The molecule has 0 aliphatic rings. The maximum atomic E-state index is 13.0. The van der Waals surface area contributed by atoms with Gasteiger partial charge in [-0.3, -0.25) is 0 Å². The van der Waals surface area contributed by atoms with Crippen LogP contribution in [0.5, 0.6) is 0 Å². The van der Waals surface area contributed by atoms with Gasteiger partial charge in [0.2, 0.25) is 0 Å². The number of aromatic nitrogens is 5. The lowest BCUT2D eigenvalue weighted by Gasteiger charge is -2.04. The fourth-order valence-electron chi connectivity index (χ4n) is 2.89. The monoisotopic (exact) mass is 421 g/mol. The van der Waals surface area contributed by atoms with E-state index in [4.69, 9.17) is 4.74 Å². The van der Waals surface area contributed by atoms with Crippen molar-refractivity contribution < 1.29 is 9.53 Å². The molecule has 0 bridgehead atoms. The molecule has 0 unspecified atom stereocenters. The molecule has 0 atom stereocenters. The number of thioether (sulfide) groups is 1. The Balaban J connectivity index is 1.80. The van der Waals surface area contributed by atoms with Crippen molar-refractivity contribution in [3.63, 3.8) is 0 Å². The zero-order chi connectivity index (χ0) is 21.1. The Kier molecular flexibility index (Phi) is 5.62. The third-order valence-electron chi connectivity index (χ3n) is 4.40. The molecule has 0 N–H and O–H groups in total. The predicted octanol–water partition coefficient (Wildman–Crippen LogP) is 3.05. The third-order valence-corrected chi connectivity index (χ3v) is 5.43. The van der Waals surface area contributed by atoms with Crippen LogP contribution in [0.3, 0.4) is 0 Å². The molecular formula is C21H19N5O3S. The van der Waals surface area contributed by atoms with E-state index in [-0.39, 0.29) is 17.8 Å². The van der Waals surface area contributed by atoms with Crippen LogP contribution >= 0.6 is 11.8 Å². The van der Waals surface area contributed by atoms with Gasteiger partial charge in [-0.05, 0) is 31.5 Å². The molecule has 0 saturated heterocycles. The molecule has 0 amide bonds. The molecule has 8 nitrogen and oxygen atoms in total. The Bertz CT molecular complexity index is 1250. The third kappa shape index (κ3) is 3.84. The van der Waals surface area contributed by atoms with Crippen LogP contribution < -0.4 is 5.69 Å². The molecule has 0 spiro atoms. The molecule has 0 radical (unpaired) electrons. The first-order chi connectivity index (χ1) is 14.6. The minimum atomic E-state index is -0.579. The minimum absolute atomic E-state index is 0.0809. The number of ether oxygens (including phenoxy) is 1. The number of nitrogens with zero attached hydrogens (tertiary/aromatic N) is 5. The van der Waals surface area contributed by atoms with Crippen LogP contribution in [0.1, 0.15) is 28.4 Å². The van der Waals surface area contributed by atoms with Crippen LogP contribution in [0.2, 0.25) is 0 Å². The summed E-state index contributed by atoms with van der Waals surface area (Å²) >= 11 is 1.34. The summed E-state index contributed by atoms with van der Waals surface area (Å²) < 4.78 is 7.43. The van der Waals surface area contributed by atoms with Crippen LogP contribution in [0.15, 0.2) is 64.4 Å². The number of carbonyl (C=O) groups is 1. The van der Waals surface area contributed by atoms with Gasteiger partial charge in [0.15, 0.2) is 5.65 Å². The second kappa shape index (κ2) is 8.50. The summed E-state index contributed by atoms with van der Waals surface area (Å²) in [5.74, 6) is 0.00122. The van der Waals surface area contributed by atoms with Crippen LogP contribution in [0, 0.1) is 6.92 Å². The quantitative estimate of drug-likeness (QED) is 0.349. The summed E-state index contributed by atoms with van der Waals surface area (Å²) in [6.07, 6.45) is 0. The van der Waals surface area contributed by atoms with Crippen molar-refractivity contribution in [2.75, 3.05) is 6.61 Å². The van der Waals surface area contributed by atoms with Crippen molar-refractivity contribution in [3.05, 3.63) is 81.8 Å². The van der Waals surface area contributed by atoms with Crippen LogP contribution in [0.25, 0.3) is 11.3 Å². The van der Waals surface area contributed by atoms with Crippen molar-refractivity contribution in [2.24, 2.45) is 0 Å². The van der Waals surface area contributed by atoms with Gasteiger partial charge in [-0.1, -0.05) is 65.0 Å². The number of hydrogen-bond acceptors (Lipinski definition) is 7. The number of esters is 1. The molecular weight excluding hydrogens is 402 g/mol. The topological polar surface area (TPSA) is 91.4 Å². The van der Waals surface area contributed by atoms with E-state index in [9.17, 15) is 9.59 Å².